The summed E-state index contributed by atoms with van der Waals surface area (Å²) in [6.07, 6.45) is -1.15. The van der Waals surface area contributed by atoms with E-state index in [1.165, 1.54) is 17.3 Å². The van der Waals surface area contributed by atoms with Crippen molar-refractivity contribution in [2.45, 2.75) is 6.18 Å². The van der Waals surface area contributed by atoms with Crippen molar-refractivity contribution >= 4 is 5.91 Å². The van der Waals surface area contributed by atoms with Gasteiger partial charge in [-0.1, -0.05) is 0 Å². The molecule has 3 heterocycles. The van der Waals surface area contributed by atoms with Crippen LogP contribution in [0, 0.1) is 11.8 Å². The molecule has 2 aliphatic heterocycles. The fourth-order valence-corrected chi connectivity index (χ4v) is 3.19. The Labute approximate surface area is 113 Å². The molecule has 0 aliphatic carbocycles. The number of aromatic amines is 1. The molecule has 1 amide bonds. The number of fused-ring (bicyclic) bond motifs is 1. The number of hydrogen-bond donors (Lipinski definition) is 1. The number of carbonyl (C=O) groups excluding carboxylic acids is 1. The zero-order chi connectivity index (χ0) is 14.3. The van der Waals surface area contributed by atoms with Crippen LogP contribution in [0.2, 0.25) is 0 Å². The molecule has 1 N–H and O–H groups in total. The van der Waals surface area contributed by atoms with Gasteiger partial charge in [0.25, 0.3) is 5.91 Å². The second kappa shape index (κ2) is 4.76. The molecule has 0 saturated carbocycles. The van der Waals surface area contributed by atoms with E-state index in [9.17, 15) is 18.0 Å². The molecule has 5 nitrogen and oxygen atoms in total. The summed E-state index contributed by atoms with van der Waals surface area (Å²) in [6, 6.07) is 0. The zero-order valence-electron chi connectivity index (χ0n) is 10.7. The van der Waals surface area contributed by atoms with E-state index in [4.69, 9.17) is 0 Å². The molecule has 0 radical (unpaired) electrons. The molecule has 2 aliphatic rings. The standard InChI is InChI=1S/C12H15F3N4O/c13-12(14,15)7-18-3-9-5-19(6-10(9)4-18)11(20)8-1-16-17-2-8/h1-2,9-10H,3-7H2,(H,16,17). The average molecular weight is 288 g/mol. The third kappa shape index (κ3) is 2.65. The van der Waals surface area contributed by atoms with Gasteiger partial charge in [0.1, 0.15) is 0 Å². The molecule has 1 aromatic rings. The van der Waals surface area contributed by atoms with Crippen molar-refractivity contribution in [3.63, 3.8) is 0 Å². The summed E-state index contributed by atoms with van der Waals surface area (Å²) in [5.74, 6) is 0.192. The number of carbonyl (C=O) groups is 1. The number of halogens is 3. The summed E-state index contributed by atoms with van der Waals surface area (Å²) in [4.78, 5) is 15.3. The number of nitrogens with one attached hydrogen (secondary N) is 1. The number of H-pyrrole nitrogens is 1. The highest BCUT2D eigenvalue weighted by Gasteiger charge is 2.44. The van der Waals surface area contributed by atoms with Gasteiger partial charge in [0.05, 0.1) is 18.3 Å². The minimum atomic E-state index is -4.15. The van der Waals surface area contributed by atoms with Crippen molar-refractivity contribution in [2.24, 2.45) is 11.8 Å². The quantitative estimate of drug-likeness (QED) is 0.882. The van der Waals surface area contributed by atoms with E-state index in [-0.39, 0.29) is 17.7 Å². The Bertz CT molecular complexity index is 473. The Hall–Kier alpha value is -1.57. The van der Waals surface area contributed by atoms with Crippen molar-refractivity contribution in [1.82, 2.24) is 20.0 Å². The largest absolute Gasteiger partial charge is 0.401 e. The lowest BCUT2D eigenvalue weighted by atomic mass is 10.0. The van der Waals surface area contributed by atoms with E-state index in [1.807, 2.05) is 0 Å². The third-order valence-electron chi connectivity index (χ3n) is 4.00. The van der Waals surface area contributed by atoms with Gasteiger partial charge in [0.2, 0.25) is 0 Å². The number of nitrogens with zero attached hydrogens (tertiary/aromatic N) is 3. The van der Waals surface area contributed by atoms with Crippen LogP contribution in [-0.2, 0) is 0 Å². The highest BCUT2D eigenvalue weighted by molar-refractivity contribution is 5.93. The predicted molar refractivity (Wildman–Crippen MR) is 64.0 cm³/mol. The summed E-state index contributed by atoms with van der Waals surface area (Å²) < 4.78 is 37.1. The van der Waals surface area contributed by atoms with Crippen molar-refractivity contribution in [3.8, 4) is 0 Å². The molecule has 0 bridgehead atoms. The first-order chi connectivity index (χ1) is 9.42. The lowest BCUT2D eigenvalue weighted by molar-refractivity contribution is -0.144. The van der Waals surface area contributed by atoms with Crippen LogP contribution in [0.15, 0.2) is 12.4 Å². The number of aromatic nitrogens is 2. The van der Waals surface area contributed by atoms with Gasteiger partial charge in [-0.05, 0) is 11.8 Å². The van der Waals surface area contributed by atoms with Gasteiger partial charge in [-0.15, -0.1) is 0 Å². The Morgan fingerprint density at radius 3 is 2.45 bits per heavy atom. The van der Waals surface area contributed by atoms with Crippen molar-refractivity contribution in [3.05, 3.63) is 18.0 Å². The SMILES string of the molecule is O=C(c1cn[nH]c1)N1CC2CN(CC(F)(F)F)CC2C1. The zero-order valence-corrected chi connectivity index (χ0v) is 10.7. The van der Waals surface area contributed by atoms with Crippen molar-refractivity contribution < 1.29 is 18.0 Å². The van der Waals surface area contributed by atoms with E-state index in [2.05, 4.69) is 10.2 Å². The second-order valence-electron chi connectivity index (χ2n) is 5.53. The van der Waals surface area contributed by atoms with Crippen molar-refractivity contribution in [1.29, 1.82) is 0 Å². The van der Waals surface area contributed by atoms with Crippen LogP contribution in [0.3, 0.4) is 0 Å². The molecule has 0 spiro atoms. The molecule has 1 aromatic heterocycles. The molecular weight excluding hydrogens is 273 g/mol. The number of amides is 1. The van der Waals surface area contributed by atoms with Gasteiger partial charge in [-0.2, -0.15) is 18.3 Å². The van der Waals surface area contributed by atoms with Crippen LogP contribution in [0.4, 0.5) is 13.2 Å². The maximum absolute atomic E-state index is 12.4. The molecule has 3 rings (SSSR count). The first-order valence-electron chi connectivity index (χ1n) is 6.49. The lowest BCUT2D eigenvalue weighted by Crippen LogP contribution is -2.37. The molecule has 2 saturated heterocycles. The molecule has 0 aromatic carbocycles. The van der Waals surface area contributed by atoms with Gasteiger partial charge >= 0.3 is 6.18 Å². The summed E-state index contributed by atoms with van der Waals surface area (Å²) >= 11 is 0. The van der Waals surface area contributed by atoms with Crippen LogP contribution < -0.4 is 0 Å². The summed E-state index contributed by atoms with van der Waals surface area (Å²) in [7, 11) is 0. The van der Waals surface area contributed by atoms with Gasteiger partial charge in [-0.25, -0.2) is 0 Å². The minimum absolute atomic E-state index is 0.101. The van der Waals surface area contributed by atoms with Crippen LogP contribution >= 0.6 is 0 Å². The number of rotatable bonds is 2. The fraction of sp³-hybridized carbons (Fsp3) is 0.667. The Balaban J connectivity index is 1.57. The van der Waals surface area contributed by atoms with Gasteiger partial charge in [-0.3, -0.25) is 14.8 Å². The summed E-state index contributed by atoms with van der Waals surface area (Å²) in [5, 5.41) is 6.32. The maximum atomic E-state index is 12.4. The van der Waals surface area contributed by atoms with Crippen LogP contribution in [0.25, 0.3) is 0 Å². The molecule has 110 valence electrons. The van der Waals surface area contributed by atoms with E-state index in [1.54, 1.807) is 4.90 Å². The number of hydrogen-bond acceptors (Lipinski definition) is 3. The normalized spacial score (nSPS) is 27.1. The Morgan fingerprint density at radius 2 is 1.95 bits per heavy atom. The number of likely N-dealkylation sites (tertiary alicyclic amines) is 2. The smallest absolute Gasteiger partial charge is 0.338 e. The van der Waals surface area contributed by atoms with Crippen LogP contribution in [0.5, 0.6) is 0 Å². The van der Waals surface area contributed by atoms with Gasteiger partial charge in [0.15, 0.2) is 0 Å². The monoisotopic (exact) mass is 288 g/mol. The third-order valence-corrected chi connectivity index (χ3v) is 4.00. The van der Waals surface area contributed by atoms with Crippen molar-refractivity contribution in [2.75, 3.05) is 32.7 Å². The molecular formula is C12H15F3N4O. The highest BCUT2D eigenvalue weighted by Crippen LogP contribution is 2.33. The molecule has 2 unspecified atom stereocenters. The molecule has 2 fully saturated rings. The molecule has 8 heteroatoms. The van der Waals surface area contributed by atoms with E-state index < -0.39 is 12.7 Å². The van der Waals surface area contributed by atoms with Crippen LogP contribution in [-0.4, -0.2) is 64.8 Å². The Morgan fingerprint density at radius 1 is 1.30 bits per heavy atom. The molecule has 20 heavy (non-hydrogen) atoms. The fourth-order valence-electron chi connectivity index (χ4n) is 3.19. The van der Waals surface area contributed by atoms with E-state index in [0.29, 0.717) is 31.7 Å². The summed E-state index contributed by atoms with van der Waals surface area (Å²) in [6.45, 7) is 1.04. The average Bonchev–Trinajstić information content (AvgIpc) is 2.98. The summed E-state index contributed by atoms with van der Waals surface area (Å²) in [5.41, 5.74) is 0.497. The Kier molecular flexibility index (Phi) is 3.19. The van der Waals surface area contributed by atoms with Gasteiger partial charge < -0.3 is 4.90 Å². The second-order valence-corrected chi connectivity index (χ2v) is 5.53. The first kappa shape index (κ1) is 13.4. The minimum Gasteiger partial charge on any atom is -0.338 e. The lowest BCUT2D eigenvalue weighted by Gasteiger charge is -2.22. The predicted octanol–water partition coefficient (Wildman–Crippen LogP) is 0.976. The maximum Gasteiger partial charge on any atom is 0.401 e. The highest BCUT2D eigenvalue weighted by atomic mass is 19.4. The first-order valence-corrected chi connectivity index (χ1v) is 6.49. The van der Waals surface area contributed by atoms with Gasteiger partial charge in [0, 0.05) is 32.4 Å². The van der Waals surface area contributed by atoms with E-state index in [0.717, 1.165) is 0 Å². The van der Waals surface area contributed by atoms with E-state index >= 15 is 0 Å². The molecule has 2 atom stereocenters. The topological polar surface area (TPSA) is 52.2 Å². The number of alkyl halides is 3. The van der Waals surface area contributed by atoms with Crippen LogP contribution in [0.1, 0.15) is 10.4 Å².